The van der Waals surface area contributed by atoms with Crippen molar-refractivity contribution in [1.29, 1.82) is 0 Å². The Hall–Kier alpha value is -0.120. The van der Waals surface area contributed by atoms with Crippen molar-refractivity contribution >= 4 is 0 Å². The largest absolute Gasteiger partial charge is 0.377 e. The Morgan fingerprint density at radius 1 is 1.41 bits per heavy atom. The summed E-state index contributed by atoms with van der Waals surface area (Å²) in [6.07, 6.45) is 5.45. The van der Waals surface area contributed by atoms with Gasteiger partial charge < -0.3 is 15.0 Å². The Balaban J connectivity index is 1.91. The number of hydrogen-bond acceptors (Lipinski definition) is 3. The van der Waals surface area contributed by atoms with Crippen LogP contribution in [0.25, 0.3) is 0 Å². The maximum absolute atomic E-state index is 5.86. The Labute approximate surface area is 106 Å². The van der Waals surface area contributed by atoms with Crippen LogP contribution in [0.3, 0.4) is 0 Å². The van der Waals surface area contributed by atoms with Gasteiger partial charge in [-0.1, -0.05) is 13.8 Å². The molecule has 2 rings (SSSR count). The second-order valence-electron chi connectivity index (χ2n) is 5.77. The molecule has 0 amide bonds. The van der Waals surface area contributed by atoms with Crippen molar-refractivity contribution in [2.45, 2.75) is 45.6 Å². The van der Waals surface area contributed by atoms with Crippen LogP contribution < -0.4 is 5.32 Å². The summed E-state index contributed by atoms with van der Waals surface area (Å²) in [7, 11) is 0. The summed E-state index contributed by atoms with van der Waals surface area (Å²) < 4.78 is 5.86. The molecule has 0 bridgehead atoms. The molecule has 0 aromatic rings. The minimum Gasteiger partial charge on any atom is -0.377 e. The van der Waals surface area contributed by atoms with E-state index >= 15 is 0 Å². The summed E-state index contributed by atoms with van der Waals surface area (Å²) in [6.45, 7) is 11.6. The lowest BCUT2D eigenvalue weighted by molar-refractivity contribution is 0.0452. The molecule has 2 fully saturated rings. The molecule has 2 atom stereocenters. The molecule has 0 aliphatic carbocycles. The zero-order valence-corrected chi connectivity index (χ0v) is 11.5. The minimum atomic E-state index is 0.459. The van der Waals surface area contributed by atoms with E-state index in [2.05, 4.69) is 24.1 Å². The second-order valence-corrected chi connectivity index (χ2v) is 5.77. The lowest BCUT2D eigenvalue weighted by Crippen LogP contribution is -2.41. The van der Waals surface area contributed by atoms with Gasteiger partial charge in [0.25, 0.3) is 0 Å². The lowest BCUT2D eigenvalue weighted by atomic mass is 9.83. The van der Waals surface area contributed by atoms with Crippen LogP contribution in [-0.4, -0.2) is 50.3 Å². The molecular formula is C14H28N2O. The van der Waals surface area contributed by atoms with Crippen molar-refractivity contribution in [3.8, 4) is 0 Å². The average molecular weight is 240 g/mol. The highest BCUT2D eigenvalue weighted by atomic mass is 16.5. The predicted octanol–water partition coefficient (Wildman–Crippen LogP) is 1.88. The smallest absolute Gasteiger partial charge is 0.0699 e. The van der Waals surface area contributed by atoms with Crippen LogP contribution in [0.4, 0.5) is 0 Å². The highest BCUT2D eigenvalue weighted by molar-refractivity contribution is 4.90. The molecule has 1 N–H and O–H groups in total. The van der Waals surface area contributed by atoms with Gasteiger partial charge in [-0.05, 0) is 37.6 Å². The van der Waals surface area contributed by atoms with Crippen molar-refractivity contribution in [3.05, 3.63) is 0 Å². The fourth-order valence-electron chi connectivity index (χ4n) is 3.18. The fraction of sp³-hybridized carbons (Fsp3) is 1.00. The molecule has 0 aromatic carbocycles. The van der Waals surface area contributed by atoms with E-state index in [4.69, 9.17) is 4.74 Å². The maximum Gasteiger partial charge on any atom is 0.0699 e. The SMILES string of the molecule is CCC1CN(CC2(CC)CCNC2)CCCO1. The standard InChI is InChI=1S/C14H28N2O/c1-3-13-10-16(8-5-9-17-13)12-14(4-2)6-7-15-11-14/h13,15H,3-12H2,1-2H3. The number of ether oxygens (including phenoxy) is 1. The van der Waals surface area contributed by atoms with E-state index in [0.29, 0.717) is 11.5 Å². The normalized spacial score (nSPS) is 36.0. The molecule has 2 heterocycles. The van der Waals surface area contributed by atoms with Gasteiger partial charge in [-0.3, -0.25) is 0 Å². The predicted molar refractivity (Wildman–Crippen MR) is 71.3 cm³/mol. The molecule has 2 unspecified atom stereocenters. The van der Waals surface area contributed by atoms with Gasteiger partial charge in [-0.15, -0.1) is 0 Å². The molecule has 0 spiro atoms. The van der Waals surface area contributed by atoms with Crippen LogP contribution in [0, 0.1) is 5.41 Å². The fourth-order valence-corrected chi connectivity index (χ4v) is 3.18. The summed E-state index contributed by atoms with van der Waals surface area (Å²) in [5, 5.41) is 3.54. The van der Waals surface area contributed by atoms with Crippen molar-refractivity contribution < 1.29 is 4.74 Å². The highest BCUT2D eigenvalue weighted by Gasteiger charge is 2.34. The first kappa shape index (κ1) is 13.3. The van der Waals surface area contributed by atoms with E-state index in [-0.39, 0.29) is 0 Å². The molecule has 3 heteroatoms. The summed E-state index contributed by atoms with van der Waals surface area (Å²) in [6, 6.07) is 0. The van der Waals surface area contributed by atoms with Gasteiger partial charge in [0.1, 0.15) is 0 Å². The molecule has 2 aliphatic rings. The maximum atomic E-state index is 5.86. The molecular weight excluding hydrogens is 212 g/mol. The summed E-state index contributed by atoms with van der Waals surface area (Å²) >= 11 is 0. The van der Waals surface area contributed by atoms with Crippen molar-refractivity contribution in [1.82, 2.24) is 10.2 Å². The van der Waals surface area contributed by atoms with Crippen LogP contribution in [-0.2, 0) is 4.74 Å². The molecule has 17 heavy (non-hydrogen) atoms. The molecule has 3 nitrogen and oxygen atoms in total. The van der Waals surface area contributed by atoms with Crippen molar-refractivity contribution in [2.24, 2.45) is 5.41 Å². The molecule has 0 radical (unpaired) electrons. The number of hydrogen-bond donors (Lipinski definition) is 1. The quantitative estimate of drug-likeness (QED) is 0.812. The van der Waals surface area contributed by atoms with E-state index in [1.54, 1.807) is 0 Å². The molecule has 0 aromatic heterocycles. The van der Waals surface area contributed by atoms with E-state index in [9.17, 15) is 0 Å². The number of nitrogens with one attached hydrogen (secondary N) is 1. The highest BCUT2D eigenvalue weighted by Crippen LogP contribution is 2.31. The first-order valence-electron chi connectivity index (χ1n) is 7.33. The van der Waals surface area contributed by atoms with Crippen LogP contribution >= 0.6 is 0 Å². The first-order chi connectivity index (χ1) is 8.28. The summed E-state index contributed by atoms with van der Waals surface area (Å²) in [4.78, 5) is 2.65. The summed E-state index contributed by atoms with van der Waals surface area (Å²) in [5.41, 5.74) is 0.530. The zero-order valence-electron chi connectivity index (χ0n) is 11.5. The monoisotopic (exact) mass is 240 g/mol. The van der Waals surface area contributed by atoms with Crippen LogP contribution in [0.2, 0.25) is 0 Å². The minimum absolute atomic E-state index is 0.459. The molecule has 100 valence electrons. The molecule has 0 saturated carbocycles. The van der Waals surface area contributed by atoms with Gasteiger partial charge in [0, 0.05) is 32.8 Å². The van der Waals surface area contributed by atoms with Gasteiger partial charge in [0.05, 0.1) is 6.10 Å². The number of nitrogens with zero attached hydrogens (tertiary/aromatic N) is 1. The van der Waals surface area contributed by atoms with E-state index in [1.807, 2.05) is 0 Å². The van der Waals surface area contributed by atoms with E-state index in [0.717, 1.165) is 19.6 Å². The topological polar surface area (TPSA) is 24.5 Å². The number of rotatable bonds is 4. The zero-order chi connectivity index (χ0) is 12.1. The van der Waals surface area contributed by atoms with Crippen LogP contribution in [0.5, 0.6) is 0 Å². The Bertz CT molecular complexity index is 226. The third kappa shape index (κ3) is 3.43. The summed E-state index contributed by atoms with van der Waals surface area (Å²) in [5.74, 6) is 0. The lowest BCUT2D eigenvalue weighted by Gasteiger charge is -2.34. The van der Waals surface area contributed by atoms with E-state index < -0.39 is 0 Å². The van der Waals surface area contributed by atoms with E-state index in [1.165, 1.54) is 45.4 Å². The third-order valence-corrected chi connectivity index (χ3v) is 4.53. The second kappa shape index (κ2) is 6.17. The van der Waals surface area contributed by atoms with Gasteiger partial charge in [0.2, 0.25) is 0 Å². The van der Waals surface area contributed by atoms with Gasteiger partial charge in [-0.2, -0.15) is 0 Å². The van der Waals surface area contributed by atoms with Crippen molar-refractivity contribution in [3.63, 3.8) is 0 Å². The Kier molecular flexibility index (Phi) is 4.83. The van der Waals surface area contributed by atoms with Crippen LogP contribution in [0.1, 0.15) is 39.5 Å². The first-order valence-corrected chi connectivity index (χ1v) is 7.33. The van der Waals surface area contributed by atoms with Gasteiger partial charge >= 0.3 is 0 Å². The van der Waals surface area contributed by atoms with Crippen LogP contribution in [0.15, 0.2) is 0 Å². The average Bonchev–Trinajstić information content (AvgIpc) is 2.69. The molecule has 2 aliphatic heterocycles. The molecule has 2 saturated heterocycles. The van der Waals surface area contributed by atoms with Gasteiger partial charge in [0.15, 0.2) is 0 Å². The third-order valence-electron chi connectivity index (χ3n) is 4.53. The van der Waals surface area contributed by atoms with Crippen molar-refractivity contribution in [2.75, 3.05) is 39.3 Å². The Morgan fingerprint density at radius 2 is 2.29 bits per heavy atom. The Morgan fingerprint density at radius 3 is 2.94 bits per heavy atom. The van der Waals surface area contributed by atoms with Gasteiger partial charge in [-0.25, -0.2) is 0 Å².